The van der Waals surface area contributed by atoms with Crippen LogP contribution in [-0.4, -0.2) is 41.2 Å². The summed E-state index contributed by atoms with van der Waals surface area (Å²) in [5, 5.41) is 14.7. The standard InChI is InChI=1S/C14H24N2O3S/c1-20-14(6-3-7-14)10-16-12(19)15-9-13(4-2-5-13)8-11(17)18/h2-10H2,1H3,(H,17,18)(H2,15,16,19). The summed E-state index contributed by atoms with van der Waals surface area (Å²) in [4.78, 5) is 22.7. The highest BCUT2D eigenvalue weighted by atomic mass is 32.2. The molecule has 0 aromatic rings. The highest BCUT2D eigenvalue weighted by molar-refractivity contribution is 8.00. The van der Waals surface area contributed by atoms with E-state index < -0.39 is 5.97 Å². The molecule has 0 unspecified atom stereocenters. The molecule has 2 fully saturated rings. The molecule has 114 valence electrons. The molecular weight excluding hydrogens is 276 g/mol. The van der Waals surface area contributed by atoms with Crippen molar-refractivity contribution in [1.82, 2.24) is 10.6 Å². The van der Waals surface area contributed by atoms with Crippen molar-refractivity contribution in [3.63, 3.8) is 0 Å². The minimum absolute atomic E-state index is 0.155. The molecular formula is C14H24N2O3S. The lowest BCUT2D eigenvalue weighted by Crippen LogP contribution is -2.51. The summed E-state index contributed by atoms with van der Waals surface area (Å²) in [7, 11) is 0. The summed E-state index contributed by atoms with van der Waals surface area (Å²) >= 11 is 1.83. The third-order valence-electron chi connectivity index (χ3n) is 4.83. The highest BCUT2D eigenvalue weighted by Crippen LogP contribution is 2.43. The Morgan fingerprint density at radius 1 is 1.10 bits per heavy atom. The van der Waals surface area contributed by atoms with Crippen molar-refractivity contribution in [2.45, 2.75) is 49.7 Å². The summed E-state index contributed by atoms with van der Waals surface area (Å²) in [6, 6.07) is -0.165. The predicted molar refractivity (Wildman–Crippen MR) is 80.0 cm³/mol. The van der Waals surface area contributed by atoms with Gasteiger partial charge in [0.15, 0.2) is 0 Å². The van der Waals surface area contributed by atoms with Crippen LogP contribution in [0.2, 0.25) is 0 Å². The molecule has 0 aromatic carbocycles. The molecule has 2 aliphatic rings. The Morgan fingerprint density at radius 2 is 1.70 bits per heavy atom. The first-order valence-electron chi connectivity index (χ1n) is 7.28. The number of aliphatic carboxylic acids is 1. The quantitative estimate of drug-likeness (QED) is 0.673. The van der Waals surface area contributed by atoms with E-state index in [9.17, 15) is 9.59 Å². The van der Waals surface area contributed by atoms with Gasteiger partial charge >= 0.3 is 12.0 Å². The monoisotopic (exact) mass is 300 g/mol. The Bertz CT molecular complexity index is 373. The fourth-order valence-corrected chi connectivity index (χ4v) is 3.92. The van der Waals surface area contributed by atoms with Gasteiger partial charge in [-0.2, -0.15) is 11.8 Å². The SMILES string of the molecule is CSC1(CNC(=O)NCC2(CC(=O)O)CCC2)CCC1. The number of carboxylic acids is 1. The summed E-state index contributed by atoms with van der Waals surface area (Å²) in [6.45, 7) is 1.17. The molecule has 2 saturated carbocycles. The first-order chi connectivity index (χ1) is 9.49. The van der Waals surface area contributed by atoms with Gasteiger partial charge in [-0.25, -0.2) is 4.79 Å². The maximum atomic E-state index is 11.8. The zero-order valence-corrected chi connectivity index (χ0v) is 12.9. The second-order valence-corrected chi connectivity index (χ2v) is 7.48. The number of hydrogen-bond donors (Lipinski definition) is 3. The van der Waals surface area contributed by atoms with Gasteiger partial charge < -0.3 is 15.7 Å². The van der Waals surface area contributed by atoms with E-state index in [4.69, 9.17) is 5.11 Å². The van der Waals surface area contributed by atoms with Gasteiger partial charge in [-0.3, -0.25) is 4.79 Å². The first kappa shape index (κ1) is 15.5. The van der Waals surface area contributed by atoms with E-state index in [0.717, 1.165) is 32.1 Å². The van der Waals surface area contributed by atoms with Gasteiger partial charge in [0.25, 0.3) is 0 Å². The van der Waals surface area contributed by atoms with Gasteiger partial charge in [0.1, 0.15) is 0 Å². The lowest BCUT2D eigenvalue weighted by atomic mass is 9.66. The summed E-state index contributed by atoms with van der Waals surface area (Å²) < 4.78 is 0.229. The Balaban J connectivity index is 1.70. The zero-order chi connectivity index (χ0) is 14.6. The fraction of sp³-hybridized carbons (Fsp3) is 0.857. The van der Waals surface area contributed by atoms with Crippen molar-refractivity contribution in [2.75, 3.05) is 19.3 Å². The van der Waals surface area contributed by atoms with E-state index in [0.29, 0.717) is 13.1 Å². The van der Waals surface area contributed by atoms with Crippen LogP contribution in [0.1, 0.15) is 44.9 Å². The van der Waals surface area contributed by atoms with Crippen LogP contribution < -0.4 is 10.6 Å². The van der Waals surface area contributed by atoms with Crippen LogP contribution in [0.15, 0.2) is 0 Å². The lowest BCUT2D eigenvalue weighted by Gasteiger charge is -2.42. The maximum Gasteiger partial charge on any atom is 0.314 e. The van der Waals surface area contributed by atoms with Crippen LogP contribution in [0.25, 0.3) is 0 Å². The number of carboxylic acid groups (broad SMARTS) is 1. The molecule has 0 saturated heterocycles. The number of nitrogens with one attached hydrogen (secondary N) is 2. The third-order valence-corrected chi connectivity index (χ3v) is 6.25. The summed E-state index contributed by atoms with van der Waals surface area (Å²) in [6.07, 6.45) is 8.67. The van der Waals surface area contributed by atoms with E-state index in [2.05, 4.69) is 16.9 Å². The topological polar surface area (TPSA) is 78.4 Å². The van der Waals surface area contributed by atoms with Crippen molar-refractivity contribution in [1.29, 1.82) is 0 Å². The second kappa shape index (κ2) is 6.24. The lowest BCUT2D eigenvalue weighted by molar-refractivity contribution is -0.141. The Labute approximate surface area is 124 Å². The molecule has 0 aliphatic heterocycles. The maximum absolute atomic E-state index is 11.8. The van der Waals surface area contributed by atoms with E-state index in [1.165, 1.54) is 6.42 Å². The van der Waals surface area contributed by atoms with Crippen molar-refractivity contribution >= 4 is 23.8 Å². The van der Waals surface area contributed by atoms with Gasteiger partial charge in [-0.1, -0.05) is 12.8 Å². The average Bonchev–Trinajstić information content (AvgIpc) is 2.31. The molecule has 6 heteroatoms. The van der Waals surface area contributed by atoms with Gasteiger partial charge in [-0.15, -0.1) is 0 Å². The number of carbonyl (C=O) groups excluding carboxylic acids is 1. The van der Waals surface area contributed by atoms with Crippen LogP contribution >= 0.6 is 11.8 Å². The van der Waals surface area contributed by atoms with Crippen molar-refractivity contribution in [2.24, 2.45) is 5.41 Å². The van der Waals surface area contributed by atoms with Gasteiger partial charge in [-0.05, 0) is 37.4 Å². The van der Waals surface area contributed by atoms with E-state index >= 15 is 0 Å². The van der Waals surface area contributed by atoms with Gasteiger partial charge in [0, 0.05) is 17.8 Å². The number of carbonyl (C=O) groups is 2. The van der Waals surface area contributed by atoms with Crippen LogP contribution in [0.3, 0.4) is 0 Å². The predicted octanol–water partition coefficient (Wildman–Crippen LogP) is 2.22. The molecule has 3 N–H and O–H groups in total. The van der Waals surface area contributed by atoms with Gasteiger partial charge in [0.2, 0.25) is 0 Å². The average molecular weight is 300 g/mol. The number of hydrogen-bond acceptors (Lipinski definition) is 3. The third kappa shape index (κ3) is 3.59. The fourth-order valence-electron chi connectivity index (χ4n) is 3.01. The smallest absolute Gasteiger partial charge is 0.314 e. The van der Waals surface area contributed by atoms with Crippen LogP contribution in [-0.2, 0) is 4.79 Å². The first-order valence-corrected chi connectivity index (χ1v) is 8.50. The van der Waals surface area contributed by atoms with E-state index in [1.807, 2.05) is 11.8 Å². The highest BCUT2D eigenvalue weighted by Gasteiger charge is 2.40. The minimum atomic E-state index is -0.775. The number of thioether (sulfide) groups is 1. The largest absolute Gasteiger partial charge is 0.481 e. The van der Waals surface area contributed by atoms with Crippen LogP contribution in [0.4, 0.5) is 4.79 Å². The van der Waals surface area contributed by atoms with E-state index in [-0.39, 0.29) is 22.6 Å². The summed E-state index contributed by atoms with van der Waals surface area (Å²) in [5.41, 5.74) is -0.211. The molecule has 0 heterocycles. The Morgan fingerprint density at radius 3 is 2.10 bits per heavy atom. The molecule has 0 aromatic heterocycles. The molecule has 0 atom stereocenters. The van der Waals surface area contributed by atoms with Crippen LogP contribution in [0.5, 0.6) is 0 Å². The molecule has 0 radical (unpaired) electrons. The minimum Gasteiger partial charge on any atom is -0.481 e. The molecule has 2 aliphatic carbocycles. The number of amides is 2. The van der Waals surface area contributed by atoms with Crippen molar-refractivity contribution in [3.8, 4) is 0 Å². The molecule has 2 rings (SSSR count). The second-order valence-electron chi connectivity index (χ2n) is 6.20. The van der Waals surface area contributed by atoms with Crippen molar-refractivity contribution < 1.29 is 14.7 Å². The van der Waals surface area contributed by atoms with Crippen molar-refractivity contribution in [3.05, 3.63) is 0 Å². The molecule has 0 bridgehead atoms. The van der Waals surface area contributed by atoms with Gasteiger partial charge in [0.05, 0.1) is 6.42 Å². The normalized spacial score (nSPS) is 22.2. The molecule has 5 nitrogen and oxygen atoms in total. The summed E-state index contributed by atoms with van der Waals surface area (Å²) in [5.74, 6) is -0.775. The van der Waals surface area contributed by atoms with Crippen LogP contribution in [0, 0.1) is 5.41 Å². The van der Waals surface area contributed by atoms with E-state index in [1.54, 1.807) is 0 Å². The Hall–Kier alpha value is -0.910. The molecule has 2 amide bonds. The number of urea groups is 1. The molecule has 20 heavy (non-hydrogen) atoms. The number of rotatable bonds is 7. The molecule has 0 spiro atoms. The Kier molecular flexibility index (Phi) is 4.83. The zero-order valence-electron chi connectivity index (χ0n) is 12.0.